The van der Waals surface area contributed by atoms with Crippen molar-refractivity contribution in [3.05, 3.63) is 33.8 Å². The van der Waals surface area contributed by atoms with E-state index in [4.69, 9.17) is 23.2 Å². The summed E-state index contributed by atoms with van der Waals surface area (Å²) in [6.45, 7) is 2.44. The first-order valence-electron chi connectivity index (χ1n) is 6.30. The highest BCUT2D eigenvalue weighted by molar-refractivity contribution is 7.92. The molecule has 0 bridgehead atoms. The average molecular weight is 322 g/mol. The van der Waals surface area contributed by atoms with Gasteiger partial charge in [0.1, 0.15) is 0 Å². The Morgan fingerprint density at radius 3 is 2.74 bits per heavy atom. The fourth-order valence-corrected chi connectivity index (χ4v) is 4.71. The van der Waals surface area contributed by atoms with Crippen molar-refractivity contribution in [1.29, 1.82) is 0 Å². The standard InChI is InChI=1S/C13H17Cl2NO2S/c1-9(12-5-4-10(14)7-13(12)15)16-8-11-3-2-6-19(11,17)18/h4-5,7,9,11,16H,2-3,6,8H2,1H3. The number of sulfone groups is 1. The van der Waals surface area contributed by atoms with Crippen LogP contribution in [0.1, 0.15) is 31.4 Å². The molecule has 0 amide bonds. The van der Waals surface area contributed by atoms with Crippen LogP contribution in [0, 0.1) is 0 Å². The zero-order valence-electron chi connectivity index (χ0n) is 10.7. The van der Waals surface area contributed by atoms with Crippen LogP contribution < -0.4 is 5.32 Å². The monoisotopic (exact) mass is 321 g/mol. The Morgan fingerprint density at radius 2 is 2.16 bits per heavy atom. The highest BCUT2D eigenvalue weighted by atomic mass is 35.5. The van der Waals surface area contributed by atoms with Crippen LogP contribution in [0.3, 0.4) is 0 Å². The Hall–Kier alpha value is -0.290. The van der Waals surface area contributed by atoms with Crippen molar-refractivity contribution in [2.75, 3.05) is 12.3 Å². The van der Waals surface area contributed by atoms with E-state index in [1.807, 2.05) is 13.0 Å². The van der Waals surface area contributed by atoms with Crippen LogP contribution >= 0.6 is 23.2 Å². The zero-order valence-corrected chi connectivity index (χ0v) is 13.0. The summed E-state index contributed by atoms with van der Waals surface area (Å²) in [5, 5.41) is 4.18. The molecule has 1 aromatic rings. The second kappa shape index (κ2) is 6.00. The van der Waals surface area contributed by atoms with Crippen LogP contribution in [0.5, 0.6) is 0 Å². The lowest BCUT2D eigenvalue weighted by Gasteiger charge is -2.18. The van der Waals surface area contributed by atoms with Gasteiger partial charge in [-0.25, -0.2) is 8.42 Å². The number of rotatable bonds is 4. The van der Waals surface area contributed by atoms with Gasteiger partial charge < -0.3 is 5.32 Å². The molecule has 2 unspecified atom stereocenters. The van der Waals surface area contributed by atoms with Crippen LogP contribution in [-0.2, 0) is 9.84 Å². The largest absolute Gasteiger partial charge is 0.309 e. The first-order valence-corrected chi connectivity index (χ1v) is 8.77. The number of nitrogens with one attached hydrogen (secondary N) is 1. The summed E-state index contributed by atoms with van der Waals surface area (Å²) in [7, 11) is -2.90. The van der Waals surface area contributed by atoms with E-state index >= 15 is 0 Å². The molecule has 0 aliphatic carbocycles. The predicted molar refractivity (Wildman–Crippen MR) is 79.7 cm³/mol. The van der Waals surface area contributed by atoms with Gasteiger partial charge in [0.25, 0.3) is 0 Å². The minimum Gasteiger partial charge on any atom is -0.309 e. The van der Waals surface area contributed by atoms with Gasteiger partial charge in [-0.05, 0) is 37.5 Å². The van der Waals surface area contributed by atoms with E-state index in [9.17, 15) is 8.42 Å². The van der Waals surface area contributed by atoms with Crippen molar-refractivity contribution in [2.24, 2.45) is 0 Å². The Morgan fingerprint density at radius 1 is 1.42 bits per heavy atom. The van der Waals surface area contributed by atoms with Crippen LogP contribution in [0.4, 0.5) is 0 Å². The summed E-state index contributed by atoms with van der Waals surface area (Å²) in [6, 6.07) is 5.35. The molecule has 0 radical (unpaired) electrons. The molecular formula is C13H17Cl2NO2S. The second-order valence-electron chi connectivity index (χ2n) is 4.93. The summed E-state index contributed by atoms with van der Waals surface area (Å²) >= 11 is 12.0. The molecule has 0 spiro atoms. The van der Waals surface area contributed by atoms with Gasteiger partial charge in [0, 0.05) is 22.6 Å². The lowest BCUT2D eigenvalue weighted by molar-refractivity contribution is 0.538. The van der Waals surface area contributed by atoms with Gasteiger partial charge >= 0.3 is 0 Å². The fourth-order valence-electron chi connectivity index (χ4n) is 2.36. The lowest BCUT2D eigenvalue weighted by atomic mass is 10.1. The maximum absolute atomic E-state index is 11.7. The predicted octanol–water partition coefficient (Wildman–Crippen LogP) is 3.22. The van der Waals surface area contributed by atoms with Gasteiger partial charge in [-0.1, -0.05) is 29.3 Å². The molecule has 6 heteroatoms. The minimum absolute atomic E-state index is 0.000525. The van der Waals surface area contributed by atoms with Crippen molar-refractivity contribution < 1.29 is 8.42 Å². The smallest absolute Gasteiger partial charge is 0.154 e. The number of hydrogen-bond acceptors (Lipinski definition) is 3. The molecule has 1 heterocycles. The molecular weight excluding hydrogens is 305 g/mol. The van der Waals surface area contributed by atoms with Crippen LogP contribution in [-0.4, -0.2) is 26.0 Å². The minimum atomic E-state index is -2.90. The Bertz CT molecular complexity index is 560. The lowest BCUT2D eigenvalue weighted by Crippen LogP contribution is -2.32. The van der Waals surface area contributed by atoms with Gasteiger partial charge in [0.05, 0.1) is 11.0 Å². The summed E-state index contributed by atoms with van der Waals surface area (Å²) < 4.78 is 23.5. The molecule has 1 aliphatic heterocycles. The highest BCUT2D eigenvalue weighted by Crippen LogP contribution is 2.27. The van der Waals surface area contributed by atoms with Gasteiger partial charge in [0.15, 0.2) is 9.84 Å². The van der Waals surface area contributed by atoms with Crippen LogP contribution in [0.15, 0.2) is 18.2 Å². The van der Waals surface area contributed by atoms with E-state index < -0.39 is 9.84 Å². The first kappa shape index (κ1) is 15.1. The van der Waals surface area contributed by atoms with E-state index in [2.05, 4.69) is 5.32 Å². The number of hydrogen-bond donors (Lipinski definition) is 1. The normalized spacial score (nSPS) is 23.4. The maximum Gasteiger partial charge on any atom is 0.154 e. The number of benzene rings is 1. The molecule has 1 N–H and O–H groups in total. The molecule has 0 saturated carbocycles. The molecule has 1 saturated heterocycles. The SMILES string of the molecule is CC(NCC1CCCS1(=O)=O)c1ccc(Cl)cc1Cl. The fraction of sp³-hybridized carbons (Fsp3) is 0.538. The molecule has 2 rings (SSSR count). The van der Waals surface area contributed by atoms with Crippen molar-refractivity contribution in [2.45, 2.75) is 31.1 Å². The van der Waals surface area contributed by atoms with E-state index in [1.54, 1.807) is 12.1 Å². The maximum atomic E-state index is 11.7. The summed E-state index contributed by atoms with van der Waals surface area (Å²) in [6.07, 6.45) is 1.52. The molecule has 106 valence electrons. The summed E-state index contributed by atoms with van der Waals surface area (Å²) in [5.41, 5.74) is 0.932. The van der Waals surface area contributed by atoms with Crippen LogP contribution in [0.25, 0.3) is 0 Å². The summed E-state index contributed by atoms with van der Waals surface area (Å²) in [4.78, 5) is 0. The second-order valence-corrected chi connectivity index (χ2v) is 8.17. The van der Waals surface area contributed by atoms with Crippen LogP contribution in [0.2, 0.25) is 10.0 Å². The highest BCUT2D eigenvalue weighted by Gasteiger charge is 2.31. The third-order valence-electron chi connectivity index (χ3n) is 3.54. The van der Waals surface area contributed by atoms with E-state index in [-0.39, 0.29) is 11.3 Å². The van der Waals surface area contributed by atoms with Crippen molar-refractivity contribution >= 4 is 33.0 Å². The molecule has 3 nitrogen and oxygen atoms in total. The number of halogens is 2. The zero-order chi connectivity index (χ0) is 14.0. The third kappa shape index (κ3) is 3.63. The van der Waals surface area contributed by atoms with Gasteiger partial charge in [-0.3, -0.25) is 0 Å². The van der Waals surface area contributed by atoms with Crippen molar-refractivity contribution in [3.63, 3.8) is 0 Å². The third-order valence-corrected chi connectivity index (χ3v) is 6.38. The van der Waals surface area contributed by atoms with Gasteiger partial charge in [0.2, 0.25) is 0 Å². The van der Waals surface area contributed by atoms with Gasteiger partial charge in [-0.15, -0.1) is 0 Å². The molecule has 1 aromatic carbocycles. The summed E-state index contributed by atoms with van der Waals surface area (Å²) in [5.74, 6) is 0.315. The van der Waals surface area contributed by atoms with Crippen molar-refractivity contribution in [1.82, 2.24) is 5.32 Å². The Kier molecular flexibility index (Phi) is 4.77. The molecule has 2 atom stereocenters. The first-order chi connectivity index (χ1) is 8.90. The van der Waals surface area contributed by atoms with E-state index in [0.717, 1.165) is 18.4 Å². The van der Waals surface area contributed by atoms with E-state index in [1.165, 1.54) is 0 Å². The molecule has 0 aromatic heterocycles. The molecule has 19 heavy (non-hydrogen) atoms. The molecule has 1 fully saturated rings. The molecule has 1 aliphatic rings. The van der Waals surface area contributed by atoms with Crippen molar-refractivity contribution in [3.8, 4) is 0 Å². The van der Waals surface area contributed by atoms with E-state index in [0.29, 0.717) is 22.3 Å². The topological polar surface area (TPSA) is 46.2 Å². The Labute approximate surface area is 124 Å². The average Bonchev–Trinajstić information content (AvgIpc) is 2.65. The Balaban J connectivity index is 2.00. The quantitative estimate of drug-likeness (QED) is 0.926. The van der Waals surface area contributed by atoms with Gasteiger partial charge in [-0.2, -0.15) is 0 Å².